The second kappa shape index (κ2) is 7.15. The predicted molar refractivity (Wildman–Crippen MR) is 93.1 cm³/mol. The highest BCUT2D eigenvalue weighted by molar-refractivity contribution is 5.84. The van der Waals surface area contributed by atoms with Gasteiger partial charge in [0.1, 0.15) is 18.8 Å². The zero-order chi connectivity index (χ0) is 18.9. The third kappa shape index (κ3) is 4.46. The maximum absolute atomic E-state index is 12.3. The molecule has 0 spiro atoms. The van der Waals surface area contributed by atoms with E-state index in [0.29, 0.717) is 19.0 Å². The lowest BCUT2D eigenvalue weighted by Gasteiger charge is -2.21. The maximum Gasteiger partial charge on any atom is 0.337 e. The lowest BCUT2D eigenvalue weighted by molar-refractivity contribution is -0.164. The molecular formula is C19H25NO6. The number of fused-ring (bicyclic) bond motifs is 1. The molecule has 2 aliphatic rings. The van der Waals surface area contributed by atoms with E-state index in [1.165, 1.54) is 0 Å². The molecule has 1 aliphatic carbocycles. The van der Waals surface area contributed by atoms with E-state index in [2.05, 4.69) is 5.32 Å². The van der Waals surface area contributed by atoms with E-state index in [4.69, 9.17) is 14.2 Å². The molecule has 3 atom stereocenters. The molecule has 1 heterocycles. The van der Waals surface area contributed by atoms with Crippen LogP contribution >= 0.6 is 0 Å². The van der Waals surface area contributed by atoms with Gasteiger partial charge in [0.15, 0.2) is 17.6 Å². The largest absolute Gasteiger partial charge is 0.486 e. The van der Waals surface area contributed by atoms with Crippen LogP contribution in [0.3, 0.4) is 0 Å². The molecule has 1 saturated carbocycles. The number of hydrogen-bond acceptors (Lipinski definition) is 6. The predicted octanol–water partition coefficient (Wildman–Crippen LogP) is 1.38. The van der Waals surface area contributed by atoms with Gasteiger partial charge in [-0.25, -0.2) is 4.79 Å². The summed E-state index contributed by atoms with van der Waals surface area (Å²) in [5.74, 6) is 0.472. The van der Waals surface area contributed by atoms with Gasteiger partial charge >= 0.3 is 5.97 Å². The SMILES string of the molecule is CC(C)(C)OC(=O)C(O)CNC(=O)C1CC1c1ccc2c(c1)OCCO2. The first-order valence-electron chi connectivity index (χ1n) is 8.83. The van der Waals surface area contributed by atoms with Crippen molar-refractivity contribution in [1.82, 2.24) is 5.32 Å². The minimum atomic E-state index is -1.37. The molecule has 1 aromatic carbocycles. The average Bonchev–Trinajstić information content (AvgIpc) is 3.38. The van der Waals surface area contributed by atoms with Gasteiger partial charge in [-0.05, 0) is 50.8 Å². The minimum absolute atomic E-state index is 0.115. The Morgan fingerprint density at radius 2 is 1.96 bits per heavy atom. The Morgan fingerprint density at radius 1 is 1.27 bits per heavy atom. The van der Waals surface area contributed by atoms with Crippen LogP contribution in [0.1, 0.15) is 38.7 Å². The lowest BCUT2D eigenvalue weighted by atomic mass is 10.1. The highest BCUT2D eigenvalue weighted by Crippen LogP contribution is 2.49. The minimum Gasteiger partial charge on any atom is -0.486 e. The topological polar surface area (TPSA) is 94.1 Å². The quantitative estimate of drug-likeness (QED) is 0.768. The number of esters is 1. The van der Waals surface area contributed by atoms with Crippen molar-refractivity contribution in [3.63, 3.8) is 0 Å². The normalized spacial score (nSPS) is 22.3. The van der Waals surface area contributed by atoms with Crippen molar-refractivity contribution in [2.24, 2.45) is 5.92 Å². The molecule has 3 unspecified atom stereocenters. The average molecular weight is 363 g/mol. The number of aliphatic hydroxyl groups is 1. The molecule has 142 valence electrons. The molecule has 0 aromatic heterocycles. The fourth-order valence-electron chi connectivity index (χ4n) is 2.93. The zero-order valence-electron chi connectivity index (χ0n) is 15.3. The van der Waals surface area contributed by atoms with Gasteiger partial charge in [-0.3, -0.25) is 4.79 Å². The van der Waals surface area contributed by atoms with Crippen LogP contribution in [0.2, 0.25) is 0 Å². The molecule has 7 nitrogen and oxygen atoms in total. The van der Waals surface area contributed by atoms with Crippen LogP contribution in [0.4, 0.5) is 0 Å². The molecule has 0 bridgehead atoms. The summed E-state index contributed by atoms with van der Waals surface area (Å²) in [5.41, 5.74) is 0.351. The Labute approximate surface area is 152 Å². The summed E-state index contributed by atoms with van der Waals surface area (Å²) in [6.45, 7) is 6.07. The summed E-state index contributed by atoms with van der Waals surface area (Å²) in [6.07, 6.45) is -0.641. The van der Waals surface area contributed by atoms with Crippen molar-refractivity contribution in [3.8, 4) is 11.5 Å². The third-order valence-electron chi connectivity index (χ3n) is 4.27. The molecule has 1 aromatic rings. The standard InChI is InChI=1S/C19H25NO6/c1-19(2,3)26-18(23)14(21)10-20-17(22)13-9-12(13)11-4-5-15-16(8-11)25-7-6-24-15/h4-5,8,12-14,21H,6-7,9-10H2,1-3H3,(H,20,22). The summed E-state index contributed by atoms with van der Waals surface area (Å²) in [7, 11) is 0. The molecule has 1 aliphatic heterocycles. The van der Waals surface area contributed by atoms with Crippen molar-refractivity contribution in [3.05, 3.63) is 23.8 Å². The van der Waals surface area contributed by atoms with E-state index in [0.717, 1.165) is 17.7 Å². The zero-order valence-corrected chi connectivity index (χ0v) is 15.3. The smallest absolute Gasteiger partial charge is 0.337 e. The number of amides is 1. The van der Waals surface area contributed by atoms with E-state index in [1.54, 1.807) is 20.8 Å². The molecule has 1 fully saturated rings. The number of ether oxygens (including phenoxy) is 3. The van der Waals surface area contributed by atoms with Gasteiger partial charge in [0.25, 0.3) is 0 Å². The Bertz CT molecular complexity index is 696. The number of carbonyl (C=O) groups is 2. The van der Waals surface area contributed by atoms with E-state index in [9.17, 15) is 14.7 Å². The molecule has 7 heteroatoms. The van der Waals surface area contributed by atoms with Gasteiger partial charge in [-0.15, -0.1) is 0 Å². The molecule has 0 radical (unpaired) electrons. The van der Waals surface area contributed by atoms with Gasteiger partial charge in [0.05, 0.1) is 6.54 Å². The van der Waals surface area contributed by atoms with Crippen LogP contribution in [-0.4, -0.2) is 48.4 Å². The lowest BCUT2D eigenvalue weighted by Crippen LogP contribution is -2.40. The number of benzene rings is 1. The Balaban J connectivity index is 1.49. The van der Waals surface area contributed by atoms with E-state index < -0.39 is 17.7 Å². The number of rotatable bonds is 5. The fraction of sp³-hybridized carbons (Fsp3) is 0.579. The van der Waals surface area contributed by atoms with Gasteiger partial charge in [-0.2, -0.15) is 0 Å². The number of aliphatic hydroxyl groups excluding tert-OH is 1. The van der Waals surface area contributed by atoms with E-state index >= 15 is 0 Å². The Morgan fingerprint density at radius 3 is 2.65 bits per heavy atom. The summed E-state index contributed by atoms with van der Waals surface area (Å²) in [6, 6.07) is 5.73. The third-order valence-corrected chi connectivity index (χ3v) is 4.27. The molecular weight excluding hydrogens is 338 g/mol. The van der Waals surface area contributed by atoms with Crippen LogP contribution in [-0.2, 0) is 14.3 Å². The van der Waals surface area contributed by atoms with Crippen molar-refractivity contribution < 1.29 is 28.9 Å². The monoisotopic (exact) mass is 363 g/mol. The highest BCUT2D eigenvalue weighted by Gasteiger charge is 2.44. The second-order valence-electron chi connectivity index (χ2n) is 7.65. The highest BCUT2D eigenvalue weighted by atomic mass is 16.6. The fourth-order valence-corrected chi connectivity index (χ4v) is 2.93. The molecule has 2 N–H and O–H groups in total. The molecule has 26 heavy (non-hydrogen) atoms. The van der Waals surface area contributed by atoms with Crippen LogP contribution in [0.5, 0.6) is 11.5 Å². The Kier molecular flexibility index (Phi) is 5.09. The van der Waals surface area contributed by atoms with Crippen LogP contribution in [0.15, 0.2) is 18.2 Å². The Hall–Kier alpha value is -2.28. The summed E-state index contributed by atoms with van der Waals surface area (Å²) in [5, 5.41) is 12.5. The second-order valence-corrected chi connectivity index (χ2v) is 7.65. The van der Waals surface area contributed by atoms with Crippen molar-refractivity contribution in [2.75, 3.05) is 19.8 Å². The van der Waals surface area contributed by atoms with Crippen molar-refractivity contribution in [2.45, 2.75) is 44.8 Å². The first-order chi connectivity index (χ1) is 12.2. The number of nitrogens with one attached hydrogen (secondary N) is 1. The summed E-state index contributed by atoms with van der Waals surface area (Å²) < 4.78 is 16.2. The number of carbonyl (C=O) groups excluding carboxylic acids is 2. The van der Waals surface area contributed by atoms with E-state index in [-0.39, 0.29) is 24.3 Å². The summed E-state index contributed by atoms with van der Waals surface area (Å²) in [4.78, 5) is 24.0. The first kappa shape index (κ1) is 18.5. The first-order valence-corrected chi connectivity index (χ1v) is 8.83. The van der Waals surface area contributed by atoms with Crippen molar-refractivity contribution >= 4 is 11.9 Å². The molecule has 1 amide bonds. The van der Waals surface area contributed by atoms with E-state index in [1.807, 2.05) is 18.2 Å². The molecule has 3 rings (SSSR count). The maximum atomic E-state index is 12.3. The van der Waals surface area contributed by atoms with Gasteiger partial charge in [-0.1, -0.05) is 6.07 Å². The van der Waals surface area contributed by atoms with Crippen LogP contribution < -0.4 is 14.8 Å². The number of hydrogen-bond donors (Lipinski definition) is 2. The molecule has 0 saturated heterocycles. The van der Waals surface area contributed by atoms with Crippen LogP contribution in [0, 0.1) is 5.92 Å². The summed E-state index contributed by atoms with van der Waals surface area (Å²) >= 11 is 0. The van der Waals surface area contributed by atoms with Crippen LogP contribution in [0.25, 0.3) is 0 Å². The van der Waals surface area contributed by atoms with Gasteiger partial charge < -0.3 is 24.6 Å². The van der Waals surface area contributed by atoms with Gasteiger partial charge in [0.2, 0.25) is 5.91 Å². The van der Waals surface area contributed by atoms with Gasteiger partial charge in [0, 0.05) is 5.92 Å². The van der Waals surface area contributed by atoms with Crippen molar-refractivity contribution in [1.29, 1.82) is 0 Å².